The number of benzene rings is 1. The Morgan fingerprint density at radius 2 is 2.27 bits per heavy atom. The van der Waals surface area contributed by atoms with Crippen LogP contribution >= 0.6 is 0 Å². The molecular formula is C14H14FN3O4. The van der Waals surface area contributed by atoms with E-state index in [0.29, 0.717) is 6.54 Å². The van der Waals surface area contributed by atoms with Crippen LogP contribution < -0.4 is 20.7 Å². The maximum atomic E-state index is 13.6. The van der Waals surface area contributed by atoms with Crippen LogP contribution in [0.5, 0.6) is 5.75 Å². The zero-order valence-electron chi connectivity index (χ0n) is 11.7. The van der Waals surface area contributed by atoms with E-state index in [1.807, 2.05) is 0 Å². The number of halogens is 1. The number of urea groups is 1. The molecule has 2 aliphatic heterocycles. The molecule has 2 heterocycles. The maximum absolute atomic E-state index is 13.6. The van der Waals surface area contributed by atoms with Crippen LogP contribution in [-0.2, 0) is 15.1 Å². The number of likely N-dealkylation sites (N-methyl/N-ethyl adjacent to an activating group) is 1. The third kappa shape index (κ3) is 2.07. The number of rotatable bonds is 2. The normalized spacial score (nSPS) is 26.0. The fraction of sp³-hybridized carbons (Fsp3) is 0.357. The van der Waals surface area contributed by atoms with Crippen molar-refractivity contribution in [3.63, 3.8) is 0 Å². The summed E-state index contributed by atoms with van der Waals surface area (Å²) in [7, 11) is 0. The zero-order chi connectivity index (χ0) is 15.9. The Morgan fingerprint density at radius 3 is 2.91 bits per heavy atom. The number of imide groups is 1. The fourth-order valence-corrected chi connectivity index (χ4v) is 2.78. The van der Waals surface area contributed by atoms with Crippen LogP contribution in [0, 0.1) is 5.82 Å². The first-order valence-corrected chi connectivity index (χ1v) is 6.84. The second-order valence-electron chi connectivity index (χ2n) is 5.16. The van der Waals surface area contributed by atoms with Crippen LogP contribution in [0.3, 0.4) is 0 Å². The van der Waals surface area contributed by atoms with Gasteiger partial charge in [-0.2, -0.15) is 0 Å². The minimum Gasteiger partial charge on any atom is -0.480 e. The van der Waals surface area contributed by atoms with E-state index < -0.39 is 35.3 Å². The van der Waals surface area contributed by atoms with E-state index in [0.717, 1.165) is 6.07 Å². The molecule has 1 aromatic carbocycles. The number of amides is 4. The van der Waals surface area contributed by atoms with E-state index >= 15 is 0 Å². The van der Waals surface area contributed by atoms with Crippen molar-refractivity contribution in [2.24, 2.45) is 0 Å². The van der Waals surface area contributed by atoms with Gasteiger partial charge in [0.25, 0.3) is 11.8 Å². The average molecular weight is 307 g/mol. The predicted molar refractivity (Wildman–Crippen MR) is 72.5 cm³/mol. The van der Waals surface area contributed by atoms with Crippen molar-refractivity contribution in [2.75, 3.05) is 6.54 Å². The highest BCUT2D eigenvalue weighted by Crippen LogP contribution is 2.41. The third-order valence-corrected chi connectivity index (χ3v) is 3.75. The standard InChI is InChI=1S/C14H14FN3O4/c1-2-16-11(19)10-6-14(12(20)17-13(21)18-14)8-5-7(15)3-4-9(8)22-10/h3-5,10H,2,6H2,1H3,(H,16,19)(H2,17,18,20,21)/t10-,14-/m1/s1. The van der Waals surface area contributed by atoms with Gasteiger partial charge in [0.15, 0.2) is 11.6 Å². The van der Waals surface area contributed by atoms with Crippen LogP contribution in [0.15, 0.2) is 18.2 Å². The van der Waals surface area contributed by atoms with Gasteiger partial charge >= 0.3 is 6.03 Å². The minimum atomic E-state index is -1.50. The summed E-state index contributed by atoms with van der Waals surface area (Å²) in [6, 6.07) is 2.96. The van der Waals surface area contributed by atoms with Gasteiger partial charge in [-0.3, -0.25) is 14.9 Å². The Labute approximate surface area is 125 Å². The van der Waals surface area contributed by atoms with Crippen molar-refractivity contribution in [1.29, 1.82) is 0 Å². The second kappa shape index (κ2) is 4.97. The Morgan fingerprint density at radius 1 is 1.50 bits per heavy atom. The lowest BCUT2D eigenvalue weighted by atomic mass is 9.81. The molecule has 22 heavy (non-hydrogen) atoms. The molecule has 3 N–H and O–H groups in total. The maximum Gasteiger partial charge on any atom is 0.322 e. The number of nitrogens with one attached hydrogen (secondary N) is 3. The van der Waals surface area contributed by atoms with E-state index in [1.165, 1.54) is 12.1 Å². The number of ether oxygens (including phenoxy) is 1. The molecule has 8 heteroatoms. The first kappa shape index (κ1) is 14.3. The molecule has 1 spiro atoms. The van der Waals surface area contributed by atoms with Crippen molar-refractivity contribution in [1.82, 2.24) is 16.0 Å². The van der Waals surface area contributed by atoms with E-state index in [9.17, 15) is 18.8 Å². The molecule has 4 amide bonds. The SMILES string of the molecule is CCNC(=O)[C@H]1C[C@@]2(NC(=O)NC2=O)c2cc(F)ccc2O1. The first-order valence-electron chi connectivity index (χ1n) is 6.84. The lowest BCUT2D eigenvalue weighted by molar-refractivity contribution is -0.132. The Kier molecular flexibility index (Phi) is 3.23. The molecule has 116 valence electrons. The van der Waals surface area contributed by atoms with Crippen LogP contribution in [0.25, 0.3) is 0 Å². The van der Waals surface area contributed by atoms with Crippen molar-refractivity contribution >= 4 is 17.8 Å². The molecule has 1 saturated heterocycles. The van der Waals surface area contributed by atoms with E-state index in [1.54, 1.807) is 6.92 Å². The number of hydrogen-bond donors (Lipinski definition) is 3. The summed E-state index contributed by atoms with van der Waals surface area (Å²) < 4.78 is 19.1. The molecule has 3 rings (SSSR count). The molecule has 1 fully saturated rings. The van der Waals surface area contributed by atoms with Gasteiger partial charge in [-0.15, -0.1) is 0 Å². The summed E-state index contributed by atoms with van der Waals surface area (Å²) in [5, 5.41) is 7.24. The average Bonchev–Trinajstić information content (AvgIpc) is 2.74. The van der Waals surface area contributed by atoms with Crippen molar-refractivity contribution in [3.8, 4) is 5.75 Å². The summed E-state index contributed by atoms with van der Waals surface area (Å²) in [4.78, 5) is 35.9. The van der Waals surface area contributed by atoms with Gasteiger partial charge in [-0.25, -0.2) is 9.18 Å². The Balaban J connectivity index is 2.08. The van der Waals surface area contributed by atoms with E-state index in [4.69, 9.17) is 4.74 Å². The monoisotopic (exact) mass is 307 g/mol. The molecule has 0 saturated carbocycles. The largest absolute Gasteiger partial charge is 0.480 e. The van der Waals surface area contributed by atoms with E-state index in [-0.39, 0.29) is 17.7 Å². The summed E-state index contributed by atoms with van der Waals surface area (Å²) in [5.74, 6) is -1.39. The number of carbonyl (C=O) groups excluding carboxylic acids is 3. The summed E-state index contributed by atoms with van der Waals surface area (Å²) in [6.07, 6.45) is -1.06. The van der Waals surface area contributed by atoms with Gasteiger partial charge < -0.3 is 15.4 Å². The smallest absolute Gasteiger partial charge is 0.322 e. The van der Waals surface area contributed by atoms with Gasteiger partial charge in [0.1, 0.15) is 11.6 Å². The molecule has 1 aromatic rings. The number of fused-ring (bicyclic) bond motifs is 2. The highest BCUT2D eigenvalue weighted by Gasteiger charge is 2.54. The minimum absolute atomic E-state index is 0.104. The van der Waals surface area contributed by atoms with Crippen LogP contribution in [0.2, 0.25) is 0 Å². The van der Waals surface area contributed by atoms with E-state index in [2.05, 4.69) is 16.0 Å². The van der Waals surface area contributed by atoms with Gasteiger partial charge in [0.05, 0.1) is 0 Å². The highest BCUT2D eigenvalue weighted by atomic mass is 19.1. The van der Waals surface area contributed by atoms with Crippen molar-refractivity contribution < 1.29 is 23.5 Å². The van der Waals surface area contributed by atoms with Gasteiger partial charge in [-0.1, -0.05) is 0 Å². The number of hydrogen-bond acceptors (Lipinski definition) is 4. The third-order valence-electron chi connectivity index (χ3n) is 3.75. The Bertz CT molecular complexity index is 678. The van der Waals surface area contributed by atoms with Crippen LogP contribution in [-0.4, -0.2) is 30.5 Å². The summed E-state index contributed by atoms with van der Waals surface area (Å²) in [6.45, 7) is 2.16. The molecule has 2 atom stereocenters. The quantitative estimate of drug-likeness (QED) is 0.678. The molecule has 0 radical (unpaired) electrons. The van der Waals surface area contributed by atoms with Gasteiger partial charge in [0.2, 0.25) is 0 Å². The lowest BCUT2D eigenvalue weighted by Gasteiger charge is -2.36. The highest BCUT2D eigenvalue weighted by molar-refractivity contribution is 6.08. The molecule has 7 nitrogen and oxygen atoms in total. The topological polar surface area (TPSA) is 96.5 Å². The van der Waals surface area contributed by atoms with Crippen molar-refractivity contribution in [3.05, 3.63) is 29.6 Å². The molecule has 0 unspecified atom stereocenters. The molecular weight excluding hydrogens is 293 g/mol. The van der Waals surface area contributed by atoms with Crippen LogP contribution in [0.1, 0.15) is 18.9 Å². The number of carbonyl (C=O) groups is 3. The molecule has 0 aliphatic carbocycles. The van der Waals surface area contributed by atoms with Crippen LogP contribution in [0.4, 0.5) is 9.18 Å². The van der Waals surface area contributed by atoms with Gasteiger partial charge in [0, 0.05) is 18.5 Å². The first-order chi connectivity index (χ1) is 10.5. The fourth-order valence-electron chi connectivity index (χ4n) is 2.78. The summed E-state index contributed by atoms with van der Waals surface area (Å²) >= 11 is 0. The second-order valence-corrected chi connectivity index (χ2v) is 5.16. The zero-order valence-corrected chi connectivity index (χ0v) is 11.7. The Hall–Kier alpha value is -2.64. The van der Waals surface area contributed by atoms with Crippen molar-refractivity contribution in [2.45, 2.75) is 25.0 Å². The lowest BCUT2D eigenvalue weighted by Crippen LogP contribution is -2.54. The predicted octanol–water partition coefficient (Wildman–Crippen LogP) is 0.148. The van der Waals surface area contributed by atoms with Gasteiger partial charge in [-0.05, 0) is 25.1 Å². The molecule has 0 bridgehead atoms. The molecule has 2 aliphatic rings. The summed E-state index contributed by atoms with van der Waals surface area (Å²) in [5.41, 5.74) is -1.29. The molecule has 0 aromatic heterocycles.